The number of nitrogen functional groups attached to an aromatic ring is 1. The fourth-order valence-electron chi connectivity index (χ4n) is 2.33. The molecule has 1 aliphatic rings. The van der Waals surface area contributed by atoms with Crippen molar-refractivity contribution in [1.82, 2.24) is 4.98 Å². The van der Waals surface area contributed by atoms with E-state index in [0.29, 0.717) is 11.7 Å². The molecular formula is C16H16N4. The molecule has 1 fully saturated rings. The van der Waals surface area contributed by atoms with Crippen LogP contribution in [0.1, 0.15) is 24.1 Å². The Morgan fingerprint density at radius 3 is 2.75 bits per heavy atom. The summed E-state index contributed by atoms with van der Waals surface area (Å²) in [6.07, 6.45) is 4.20. The second-order valence-corrected chi connectivity index (χ2v) is 5.12. The van der Waals surface area contributed by atoms with Crippen molar-refractivity contribution in [2.45, 2.75) is 25.4 Å². The first-order chi connectivity index (χ1) is 9.76. The smallest absolute Gasteiger partial charge is 0.140 e. The minimum Gasteiger partial charge on any atom is -0.399 e. The molecule has 3 rings (SSSR count). The summed E-state index contributed by atoms with van der Waals surface area (Å²) in [6.45, 7) is 0.823. The van der Waals surface area contributed by atoms with Crippen molar-refractivity contribution in [2.75, 3.05) is 10.6 Å². The van der Waals surface area contributed by atoms with E-state index in [0.717, 1.165) is 17.9 Å². The van der Waals surface area contributed by atoms with E-state index in [-0.39, 0.29) is 0 Å². The fraction of sp³-hybridized carbons (Fsp3) is 0.250. The van der Waals surface area contributed by atoms with E-state index in [9.17, 15) is 0 Å². The molecule has 0 radical (unpaired) electrons. The maximum atomic E-state index is 8.81. The van der Waals surface area contributed by atoms with Crippen LogP contribution >= 0.6 is 0 Å². The number of pyridine rings is 1. The van der Waals surface area contributed by atoms with Gasteiger partial charge in [-0.1, -0.05) is 12.1 Å². The summed E-state index contributed by atoms with van der Waals surface area (Å²) in [5.41, 5.74) is 9.34. The Morgan fingerprint density at radius 2 is 2.15 bits per heavy atom. The van der Waals surface area contributed by atoms with Crippen LogP contribution in [0.2, 0.25) is 0 Å². The maximum absolute atomic E-state index is 8.81. The first-order valence-corrected chi connectivity index (χ1v) is 6.73. The first kappa shape index (κ1) is 12.5. The van der Waals surface area contributed by atoms with E-state index in [1.54, 1.807) is 12.3 Å². The number of nitrogens with two attached hydrogens (primary N) is 1. The average Bonchev–Trinajstić information content (AvgIpc) is 3.30. The average molecular weight is 264 g/mol. The van der Waals surface area contributed by atoms with E-state index in [1.165, 1.54) is 18.4 Å². The molecule has 4 nitrogen and oxygen atoms in total. The SMILES string of the molecule is N#Cc1ccc(N(Cc2cccc(N)c2)C2CC2)cn1. The van der Waals surface area contributed by atoms with Crippen LogP contribution in [0, 0.1) is 11.3 Å². The zero-order chi connectivity index (χ0) is 13.9. The lowest BCUT2D eigenvalue weighted by molar-refractivity contribution is 0.792. The second-order valence-electron chi connectivity index (χ2n) is 5.12. The second kappa shape index (κ2) is 5.22. The molecule has 1 aromatic carbocycles. The van der Waals surface area contributed by atoms with Crippen molar-refractivity contribution >= 4 is 11.4 Å². The predicted octanol–water partition coefficient (Wildman–Crippen LogP) is 2.70. The van der Waals surface area contributed by atoms with Crippen LogP contribution in [0.15, 0.2) is 42.6 Å². The Hall–Kier alpha value is -2.54. The van der Waals surface area contributed by atoms with Crippen molar-refractivity contribution in [2.24, 2.45) is 0 Å². The number of hydrogen-bond acceptors (Lipinski definition) is 4. The maximum Gasteiger partial charge on any atom is 0.140 e. The summed E-state index contributed by atoms with van der Waals surface area (Å²) in [5.74, 6) is 0. The summed E-state index contributed by atoms with van der Waals surface area (Å²) in [6, 6.07) is 14.3. The largest absolute Gasteiger partial charge is 0.399 e. The van der Waals surface area contributed by atoms with Crippen LogP contribution < -0.4 is 10.6 Å². The molecule has 0 atom stereocenters. The van der Waals surface area contributed by atoms with Gasteiger partial charge < -0.3 is 10.6 Å². The highest BCUT2D eigenvalue weighted by molar-refractivity contribution is 5.50. The highest BCUT2D eigenvalue weighted by Crippen LogP contribution is 2.32. The highest BCUT2D eigenvalue weighted by atomic mass is 15.2. The third-order valence-corrected chi connectivity index (χ3v) is 3.49. The van der Waals surface area contributed by atoms with Crippen molar-refractivity contribution in [3.63, 3.8) is 0 Å². The third-order valence-electron chi connectivity index (χ3n) is 3.49. The van der Waals surface area contributed by atoms with Gasteiger partial charge in [-0.15, -0.1) is 0 Å². The van der Waals surface area contributed by atoms with Gasteiger partial charge in [-0.25, -0.2) is 4.98 Å². The number of aromatic nitrogens is 1. The lowest BCUT2D eigenvalue weighted by atomic mass is 10.2. The summed E-state index contributed by atoms with van der Waals surface area (Å²) in [5, 5.41) is 8.81. The Bertz CT molecular complexity index is 638. The quantitative estimate of drug-likeness (QED) is 0.862. The monoisotopic (exact) mass is 264 g/mol. The van der Waals surface area contributed by atoms with Gasteiger partial charge in [0.05, 0.1) is 11.9 Å². The molecule has 20 heavy (non-hydrogen) atoms. The fourth-order valence-corrected chi connectivity index (χ4v) is 2.33. The van der Waals surface area contributed by atoms with Crippen LogP contribution in [0.25, 0.3) is 0 Å². The van der Waals surface area contributed by atoms with Gasteiger partial charge in [0.2, 0.25) is 0 Å². The molecule has 0 unspecified atom stereocenters. The van der Waals surface area contributed by atoms with Gasteiger partial charge in [-0.3, -0.25) is 0 Å². The van der Waals surface area contributed by atoms with E-state index in [2.05, 4.69) is 16.0 Å². The Balaban J connectivity index is 1.83. The van der Waals surface area contributed by atoms with Crippen LogP contribution in [0.3, 0.4) is 0 Å². The zero-order valence-corrected chi connectivity index (χ0v) is 11.2. The van der Waals surface area contributed by atoms with Crippen molar-refractivity contribution < 1.29 is 0 Å². The molecule has 1 aromatic heterocycles. The molecule has 1 aliphatic carbocycles. The Kier molecular flexibility index (Phi) is 3.26. The number of nitrogens with zero attached hydrogens (tertiary/aromatic N) is 3. The van der Waals surface area contributed by atoms with Gasteiger partial charge in [0.15, 0.2) is 0 Å². The molecule has 1 heterocycles. The number of nitriles is 1. The summed E-state index contributed by atoms with van der Waals surface area (Å²) >= 11 is 0. The minimum atomic E-state index is 0.452. The summed E-state index contributed by atoms with van der Waals surface area (Å²) in [4.78, 5) is 6.50. The molecule has 100 valence electrons. The molecule has 4 heteroatoms. The van der Waals surface area contributed by atoms with Gasteiger partial charge in [0.25, 0.3) is 0 Å². The molecule has 0 aliphatic heterocycles. The van der Waals surface area contributed by atoms with Crippen LogP contribution in [0.5, 0.6) is 0 Å². The Labute approximate surface area is 118 Å². The van der Waals surface area contributed by atoms with Crippen molar-refractivity contribution in [3.8, 4) is 6.07 Å². The van der Waals surface area contributed by atoms with Crippen LogP contribution in [-0.2, 0) is 6.54 Å². The summed E-state index contributed by atoms with van der Waals surface area (Å²) in [7, 11) is 0. The number of benzene rings is 1. The topological polar surface area (TPSA) is 65.9 Å². The van der Waals surface area contributed by atoms with E-state index in [1.807, 2.05) is 30.3 Å². The van der Waals surface area contributed by atoms with E-state index < -0.39 is 0 Å². The molecule has 0 bridgehead atoms. The van der Waals surface area contributed by atoms with Gasteiger partial charge in [0, 0.05) is 18.3 Å². The lowest BCUT2D eigenvalue weighted by Gasteiger charge is -2.24. The van der Waals surface area contributed by atoms with E-state index in [4.69, 9.17) is 11.0 Å². The third kappa shape index (κ3) is 2.72. The minimum absolute atomic E-state index is 0.452. The van der Waals surface area contributed by atoms with E-state index >= 15 is 0 Å². The van der Waals surface area contributed by atoms with Crippen molar-refractivity contribution in [1.29, 1.82) is 5.26 Å². The standard InChI is InChI=1S/C16H16N4/c17-9-14-4-5-16(10-19-14)20(15-6-7-15)11-12-2-1-3-13(18)8-12/h1-5,8,10,15H,6-7,11,18H2. The molecular weight excluding hydrogens is 248 g/mol. The summed E-state index contributed by atoms with van der Waals surface area (Å²) < 4.78 is 0. The first-order valence-electron chi connectivity index (χ1n) is 6.73. The molecule has 0 saturated heterocycles. The van der Waals surface area contributed by atoms with Crippen LogP contribution in [0.4, 0.5) is 11.4 Å². The number of hydrogen-bond donors (Lipinski definition) is 1. The highest BCUT2D eigenvalue weighted by Gasteiger charge is 2.29. The molecule has 2 N–H and O–H groups in total. The predicted molar refractivity (Wildman–Crippen MR) is 79.0 cm³/mol. The van der Waals surface area contributed by atoms with Gasteiger partial charge in [-0.2, -0.15) is 5.26 Å². The van der Waals surface area contributed by atoms with Gasteiger partial charge >= 0.3 is 0 Å². The normalized spacial score (nSPS) is 13.8. The zero-order valence-electron chi connectivity index (χ0n) is 11.2. The molecule has 0 amide bonds. The van der Waals surface area contributed by atoms with Crippen LogP contribution in [-0.4, -0.2) is 11.0 Å². The Morgan fingerprint density at radius 1 is 1.30 bits per heavy atom. The van der Waals surface area contributed by atoms with Gasteiger partial charge in [-0.05, 0) is 42.7 Å². The molecule has 1 saturated carbocycles. The number of rotatable bonds is 4. The lowest BCUT2D eigenvalue weighted by Crippen LogP contribution is -2.25. The van der Waals surface area contributed by atoms with Crippen molar-refractivity contribution in [3.05, 3.63) is 53.9 Å². The molecule has 2 aromatic rings. The van der Waals surface area contributed by atoms with Gasteiger partial charge in [0.1, 0.15) is 11.8 Å². The molecule has 0 spiro atoms. The number of anilines is 2.